The van der Waals surface area contributed by atoms with Crippen LogP contribution >= 0.6 is 0 Å². The third kappa shape index (κ3) is 2.75. The summed E-state index contributed by atoms with van der Waals surface area (Å²) in [6.07, 6.45) is 3.10. The van der Waals surface area contributed by atoms with Gasteiger partial charge in [-0.15, -0.1) is 0 Å². The predicted molar refractivity (Wildman–Crippen MR) is 67.1 cm³/mol. The largest absolute Gasteiger partial charge is 0.491 e. The van der Waals surface area contributed by atoms with Crippen LogP contribution < -0.4 is 5.46 Å². The van der Waals surface area contributed by atoms with E-state index in [0.717, 1.165) is 5.56 Å². The van der Waals surface area contributed by atoms with E-state index in [1.807, 2.05) is 0 Å². The lowest BCUT2D eigenvalue weighted by Gasteiger charge is -2.05. The molecule has 4 nitrogen and oxygen atoms in total. The van der Waals surface area contributed by atoms with E-state index in [4.69, 9.17) is 10.0 Å². The molecule has 0 aliphatic heterocycles. The highest BCUT2D eigenvalue weighted by Crippen LogP contribution is 2.10. The van der Waals surface area contributed by atoms with Gasteiger partial charge in [0.05, 0.1) is 6.54 Å². The van der Waals surface area contributed by atoms with Crippen molar-refractivity contribution in [2.75, 3.05) is 0 Å². The summed E-state index contributed by atoms with van der Waals surface area (Å²) in [7, 11) is -1.46. The van der Waals surface area contributed by atoms with Crippen LogP contribution in [0, 0.1) is 13.8 Å². The highest BCUT2D eigenvalue weighted by molar-refractivity contribution is 6.58. The van der Waals surface area contributed by atoms with Crippen molar-refractivity contribution in [3.05, 3.63) is 47.3 Å². The van der Waals surface area contributed by atoms with Gasteiger partial charge in [0.1, 0.15) is 0 Å². The summed E-state index contributed by atoms with van der Waals surface area (Å²) in [5.41, 5.74) is 4.07. The van der Waals surface area contributed by atoms with Crippen molar-refractivity contribution in [2.24, 2.45) is 0 Å². The Labute approximate surface area is 101 Å². The fourth-order valence-corrected chi connectivity index (χ4v) is 1.69. The van der Waals surface area contributed by atoms with Gasteiger partial charge in [0.25, 0.3) is 0 Å². The molecule has 2 rings (SSSR count). The molecule has 5 heteroatoms. The molecule has 1 aromatic heterocycles. The second-order valence-electron chi connectivity index (χ2n) is 4.26. The van der Waals surface area contributed by atoms with Crippen LogP contribution in [-0.4, -0.2) is 26.9 Å². The van der Waals surface area contributed by atoms with Gasteiger partial charge in [-0.1, -0.05) is 18.2 Å². The number of hydrogen-bond donors (Lipinski definition) is 2. The molecule has 1 heterocycles. The highest BCUT2D eigenvalue weighted by atomic mass is 16.4. The van der Waals surface area contributed by atoms with Gasteiger partial charge in [-0.05, 0) is 30.5 Å². The van der Waals surface area contributed by atoms with E-state index < -0.39 is 7.12 Å². The van der Waals surface area contributed by atoms with Gasteiger partial charge < -0.3 is 10.0 Å². The molecule has 0 aliphatic carbocycles. The zero-order valence-electron chi connectivity index (χ0n) is 9.96. The monoisotopic (exact) mass is 230 g/mol. The van der Waals surface area contributed by atoms with Crippen LogP contribution in [0.25, 0.3) is 0 Å². The van der Waals surface area contributed by atoms with Crippen molar-refractivity contribution in [1.29, 1.82) is 0 Å². The Kier molecular flexibility index (Phi) is 3.31. The average molecular weight is 230 g/mol. The third-order valence-corrected chi connectivity index (χ3v) is 2.87. The molecule has 0 aliphatic rings. The molecule has 2 aromatic rings. The topological polar surface area (TPSA) is 58.3 Å². The van der Waals surface area contributed by atoms with E-state index in [-0.39, 0.29) is 0 Å². The van der Waals surface area contributed by atoms with Crippen molar-refractivity contribution in [3.63, 3.8) is 0 Å². The van der Waals surface area contributed by atoms with Crippen molar-refractivity contribution >= 4 is 12.6 Å². The van der Waals surface area contributed by atoms with E-state index in [9.17, 15) is 0 Å². The van der Waals surface area contributed by atoms with Crippen molar-refractivity contribution in [2.45, 2.75) is 20.4 Å². The summed E-state index contributed by atoms with van der Waals surface area (Å²) in [5, 5.41) is 22.1. The first kappa shape index (κ1) is 11.9. The van der Waals surface area contributed by atoms with Gasteiger partial charge in [0, 0.05) is 17.9 Å². The Balaban J connectivity index is 2.16. The lowest BCUT2D eigenvalue weighted by Crippen LogP contribution is -2.28. The molecule has 1 aromatic carbocycles. The minimum atomic E-state index is -1.46. The van der Waals surface area contributed by atoms with Crippen LogP contribution in [0.1, 0.15) is 16.7 Å². The van der Waals surface area contributed by atoms with Crippen LogP contribution in [0.3, 0.4) is 0 Å². The van der Waals surface area contributed by atoms with E-state index in [1.54, 1.807) is 10.9 Å². The maximum absolute atomic E-state index is 8.99. The van der Waals surface area contributed by atoms with Crippen molar-refractivity contribution < 1.29 is 10.0 Å². The fourth-order valence-electron chi connectivity index (χ4n) is 1.69. The molecule has 0 radical (unpaired) electrons. The van der Waals surface area contributed by atoms with Gasteiger partial charge in [0.2, 0.25) is 0 Å². The predicted octanol–water partition coefficient (Wildman–Crippen LogP) is 0.228. The molecule has 0 bridgehead atoms. The first-order chi connectivity index (χ1) is 8.06. The second kappa shape index (κ2) is 4.73. The van der Waals surface area contributed by atoms with Gasteiger partial charge >= 0.3 is 7.12 Å². The summed E-state index contributed by atoms with van der Waals surface area (Å²) < 4.78 is 1.69. The first-order valence-electron chi connectivity index (χ1n) is 5.51. The molecule has 0 fully saturated rings. The van der Waals surface area contributed by atoms with Gasteiger partial charge in [-0.2, -0.15) is 5.10 Å². The molecular weight excluding hydrogens is 215 g/mol. The first-order valence-corrected chi connectivity index (χ1v) is 5.51. The van der Waals surface area contributed by atoms with Crippen LogP contribution in [0.4, 0.5) is 0 Å². The summed E-state index contributed by atoms with van der Waals surface area (Å²) in [4.78, 5) is 0. The maximum Gasteiger partial charge on any atom is 0.491 e. The van der Waals surface area contributed by atoms with Gasteiger partial charge in [-0.3, -0.25) is 4.68 Å². The lowest BCUT2D eigenvalue weighted by atomic mass is 9.83. The molecule has 17 heavy (non-hydrogen) atoms. The fraction of sp³-hybridized carbons (Fsp3) is 0.250. The molecule has 0 unspecified atom stereocenters. The molecule has 0 spiro atoms. The van der Waals surface area contributed by atoms with Crippen LogP contribution in [0.5, 0.6) is 0 Å². The minimum Gasteiger partial charge on any atom is -0.423 e. The zero-order chi connectivity index (χ0) is 12.4. The van der Waals surface area contributed by atoms with E-state index in [1.165, 1.54) is 17.3 Å². The Bertz CT molecular complexity index is 523. The van der Waals surface area contributed by atoms with E-state index in [2.05, 4.69) is 37.1 Å². The zero-order valence-corrected chi connectivity index (χ0v) is 9.96. The normalized spacial score (nSPS) is 10.6. The van der Waals surface area contributed by atoms with Crippen molar-refractivity contribution in [3.8, 4) is 0 Å². The highest BCUT2D eigenvalue weighted by Gasteiger charge is 2.13. The number of rotatable bonds is 3. The molecule has 88 valence electrons. The number of nitrogens with zero attached hydrogens (tertiary/aromatic N) is 2. The standard InChI is InChI=1S/C12H15BN2O2/c1-9-3-4-11(5-10(9)2)7-15-8-12(6-14-15)13(16)17/h3-6,8,16-17H,7H2,1-2H3. The summed E-state index contributed by atoms with van der Waals surface area (Å²) >= 11 is 0. The van der Waals surface area contributed by atoms with Crippen LogP contribution in [0.2, 0.25) is 0 Å². The SMILES string of the molecule is Cc1ccc(Cn2cc(B(O)O)cn2)cc1C. The molecule has 2 N–H and O–H groups in total. The van der Waals surface area contributed by atoms with Crippen LogP contribution in [0.15, 0.2) is 30.6 Å². The lowest BCUT2D eigenvalue weighted by molar-refractivity contribution is 0.425. The summed E-state index contributed by atoms with van der Waals surface area (Å²) in [6.45, 7) is 4.78. The Morgan fingerprint density at radius 1 is 1.24 bits per heavy atom. The molecule has 0 amide bonds. The van der Waals surface area contributed by atoms with Crippen LogP contribution in [-0.2, 0) is 6.54 Å². The Morgan fingerprint density at radius 3 is 2.59 bits per heavy atom. The number of benzene rings is 1. The minimum absolute atomic E-state index is 0.411. The number of aromatic nitrogens is 2. The Morgan fingerprint density at radius 2 is 2.00 bits per heavy atom. The Hall–Kier alpha value is -1.59. The summed E-state index contributed by atoms with van der Waals surface area (Å²) in [5.74, 6) is 0. The molecular formula is C12H15BN2O2. The smallest absolute Gasteiger partial charge is 0.423 e. The molecule has 0 atom stereocenters. The quantitative estimate of drug-likeness (QED) is 0.742. The van der Waals surface area contributed by atoms with Crippen molar-refractivity contribution in [1.82, 2.24) is 9.78 Å². The molecule has 0 saturated heterocycles. The number of aryl methyl sites for hydroxylation is 2. The van der Waals surface area contributed by atoms with Gasteiger partial charge in [0.15, 0.2) is 0 Å². The third-order valence-electron chi connectivity index (χ3n) is 2.87. The van der Waals surface area contributed by atoms with Gasteiger partial charge in [-0.25, -0.2) is 0 Å². The maximum atomic E-state index is 8.99. The second-order valence-corrected chi connectivity index (χ2v) is 4.26. The average Bonchev–Trinajstić information content (AvgIpc) is 2.72. The number of hydrogen-bond acceptors (Lipinski definition) is 3. The van der Waals surface area contributed by atoms with E-state index >= 15 is 0 Å². The molecule has 0 saturated carbocycles. The summed E-state index contributed by atoms with van der Waals surface area (Å²) in [6, 6.07) is 6.25. The van der Waals surface area contributed by atoms with E-state index in [0.29, 0.717) is 12.0 Å².